The Morgan fingerprint density at radius 1 is 1.33 bits per heavy atom. The Hall–Kier alpha value is -1.03. The normalized spacial score (nSPS) is 10.4. The molecule has 0 fully saturated rings. The molecular weight excluding hydrogens is 249 g/mol. The fourth-order valence-corrected chi connectivity index (χ4v) is 2.14. The highest BCUT2D eigenvalue weighted by Crippen LogP contribution is 2.09. The van der Waals surface area contributed by atoms with E-state index in [0.29, 0.717) is 6.54 Å². The van der Waals surface area contributed by atoms with Crippen LogP contribution < -0.4 is 5.32 Å². The average molecular weight is 269 g/mol. The largest absolute Gasteiger partial charge is 0.352 e. The molecule has 0 bridgehead atoms. The van der Waals surface area contributed by atoms with Gasteiger partial charge in [-0.05, 0) is 49.5 Å². The van der Waals surface area contributed by atoms with Crippen molar-refractivity contribution in [3.05, 3.63) is 35.1 Å². The molecule has 1 aromatic rings. The molecule has 0 aromatic heterocycles. The Kier molecular flexibility index (Phi) is 6.80. The van der Waals surface area contributed by atoms with Gasteiger partial charge in [-0.2, -0.15) is 11.8 Å². The summed E-state index contributed by atoms with van der Waals surface area (Å²) in [4.78, 5) is 11.7. The maximum Gasteiger partial charge on any atom is 0.254 e. The van der Waals surface area contributed by atoms with Crippen molar-refractivity contribution >= 4 is 17.7 Å². The predicted octanol–water partition coefficient (Wildman–Crippen LogP) is 3.40. The molecule has 4 heteroatoms. The van der Waals surface area contributed by atoms with Crippen LogP contribution in [0.3, 0.4) is 0 Å². The Bertz CT molecular complexity index is 395. The van der Waals surface area contributed by atoms with Crippen molar-refractivity contribution < 1.29 is 9.18 Å². The van der Waals surface area contributed by atoms with Gasteiger partial charge in [0.25, 0.3) is 5.91 Å². The number of benzene rings is 1. The highest BCUT2D eigenvalue weighted by atomic mass is 32.2. The standard InChI is InChI=1S/C14H20FNOS/c1-11-6-7-12(13(15)10-11)14(17)16-8-4-3-5-9-18-2/h6-7,10H,3-5,8-9H2,1-2H3,(H,16,17). The molecule has 0 saturated carbocycles. The first-order chi connectivity index (χ1) is 8.65. The highest BCUT2D eigenvalue weighted by Gasteiger charge is 2.10. The third-order valence-electron chi connectivity index (χ3n) is 2.68. The van der Waals surface area contributed by atoms with Crippen LogP contribution >= 0.6 is 11.8 Å². The maximum atomic E-state index is 13.5. The van der Waals surface area contributed by atoms with Gasteiger partial charge >= 0.3 is 0 Å². The molecule has 2 nitrogen and oxygen atoms in total. The van der Waals surface area contributed by atoms with E-state index in [1.54, 1.807) is 13.0 Å². The Morgan fingerprint density at radius 2 is 2.11 bits per heavy atom. The average Bonchev–Trinajstić information content (AvgIpc) is 2.33. The maximum absolute atomic E-state index is 13.5. The minimum Gasteiger partial charge on any atom is -0.352 e. The van der Waals surface area contributed by atoms with Crippen molar-refractivity contribution in [1.29, 1.82) is 0 Å². The summed E-state index contributed by atoms with van der Waals surface area (Å²) in [7, 11) is 0. The van der Waals surface area contributed by atoms with E-state index in [1.807, 2.05) is 11.8 Å². The molecule has 0 heterocycles. The molecule has 0 aliphatic carbocycles. The van der Waals surface area contributed by atoms with Gasteiger partial charge in [0.2, 0.25) is 0 Å². The number of halogens is 1. The van der Waals surface area contributed by atoms with Crippen LogP contribution in [-0.2, 0) is 0 Å². The summed E-state index contributed by atoms with van der Waals surface area (Å²) in [5.41, 5.74) is 0.950. The van der Waals surface area contributed by atoms with E-state index in [1.165, 1.54) is 12.1 Å². The lowest BCUT2D eigenvalue weighted by atomic mass is 10.1. The highest BCUT2D eigenvalue weighted by molar-refractivity contribution is 7.98. The van der Waals surface area contributed by atoms with Crippen LogP contribution in [-0.4, -0.2) is 24.5 Å². The van der Waals surface area contributed by atoms with Crippen molar-refractivity contribution in [2.45, 2.75) is 26.2 Å². The van der Waals surface area contributed by atoms with Gasteiger partial charge in [0.1, 0.15) is 5.82 Å². The molecule has 0 aliphatic rings. The second kappa shape index (κ2) is 8.14. The fourth-order valence-electron chi connectivity index (χ4n) is 1.65. The molecule has 0 saturated heterocycles. The number of hydrogen-bond donors (Lipinski definition) is 1. The van der Waals surface area contributed by atoms with Crippen molar-refractivity contribution in [2.24, 2.45) is 0 Å². The van der Waals surface area contributed by atoms with Gasteiger partial charge in [-0.1, -0.05) is 12.5 Å². The van der Waals surface area contributed by atoms with Crippen LogP contribution in [0.4, 0.5) is 4.39 Å². The van der Waals surface area contributed by atoms with Crippen molar-refractivity contribution in [3.63, 3.8) is 0 Å². The first kappa shape index (κ1) is 15.0. The number of hydrogen-bond acceptors (Lipinski definition) is 2. The first-order valence-electron chi connectivity index (χ1n) is 6.18. The first-order valence-corrected chi connectivity index (χ1v) is 7.58. The number of aryl methyl sites for hydroxylation is 1. The molecule has 18 heavy (non-hydrogen) atoms. The second-order valence-electron chi connectivity index (χ2n) is 4.29. The van der Waals surface area contributed by atoms with Crippen LogP contribution in [0.5, 0.6) is 0 Å². The third-order valence-corrected chi connectivity index (χ3v) is 3.38. The molecule has 0 atom stereocenters. The zero-order chi connectivity index (χ0) is 13.4. The Morgan fingerprint density at radius 3 is 2.78 bits per heavy atom. The molecule has 1 N–H and O–H groups in total. The summed E-state index contributed by atoms with van der Waals surface area (Å²) >= 11 is 1.83. The summed E-state index contributed by atoms with van der Waals surface area (Å²) in [6, 6.07) is 4.66. The van der Waals surface area contributed by atoms with E-state index in [2.05, 4.69) is 11.6 Å². The molecule has 0 radical (unpaired) electrons. The number of amides is 1. The number of carbonyl (C=O) groups is 1. The predicted molar refractivity (Wildman–Crippen MR) is 75.7 cm³/mol. The molecule has 0 unspecified atom stereocenters. The monoisotopic (exact) mass is 269 g/mol. The van der Waals surface area contributed by atoms with E-state index in [-0.39, 0.29) is 11.5 Å². The number of rotatable bonds is 7. The van der Waals surface area contributed by atoms with Crippen molar-refractivity contribution in [1.82, 2.24) is 5.32 Å². The molecule has 1 amide bonds. The molecule has 0 aliphatic heterocycles. The lowest BCUT2D eigenvalue weighted by Gasteiger charge is -2.06. The zero-order valence-electron chi connectivity index (χ0n) is 11.0. The van der Waals surface area contributed by atoms with Gasteiger partial charge in [-0.3, -0.25) is 4.79 Å². The van der Waals surface area contributed by atoms with Gasteiger partial charge in [-0.15, -0.1) is 0 Å². The van der Waals surface area contributed by atoms with E-state index in [0.717, 1.165) is 30.6 Å². The molecule has 0 spiro atoms. The molecule has 1 rings (SSSR count). The number of nitrogens with one attached hydrogen (secondary N) is 1. The second-order valence-corrected chi connectivity index (χ2v) is 5.28. The quantitative estimate of drug-likeness (QED) is 0.769. The Balaban J connectivity index is 2.32. The topological polar surface area (TPSA) is 29.1 Å². The zero-order valence-corrected chi connectivity index (χ0v) is 11.8. The minimum atomic E-state index is -0.449. The van der Waals surface area contributed by atoms with Crippen LogP contribution in [0.15, 0.2) is 18.2 Å². The number of unbranched alkanes of at least 4 members (excludes halogenated alkanes) is 2. The summed E-state index contributed by atoms with van der Waals surface area (Å²) in [6.45, 7) is 2.41. The van der Waals surface area contributed by atoms with Crippen LogP contribution in [0.25, 0.3) is 0 Å². The number of carbonyl (C=O) groups excluding carboxylic acids is 1. The minimum absolute atomic E-state index is 0.129. The molecule has 100 valence electrons. The SMILES string of the molecule is CSCCCCCNC(=O)c1ccc(C)cc1F. The lowest BCUT2D eigenvalue weighted by Crippen LogP contribution is -2.25. The van der Waals surface area contributed by atoms with E-state index >= 15 is 0 Å². The smallest absolute Gasteiger partial charge is 0.254 e. The Labute approximate surface area is 112 Å². The fraction of sp³-hybridized carbons (Fsp3) is 0.500. The third kappa shape index (κ3) is 5.08. The molecular formula is C14H20FNOS. The molecule has 1 aromatic carbocycles. The van der Waals surface area contributed by atoms with E-state index < -0.39 is 5.82 Å². The van der Waals surface area contributed by atoms with Crippen LogP contribution in [0.1, 0.15) is 35.2 Å². The summed E-state index contributed by atoms with van der Waals surface area (Å²) < 4.78 is 13.5. The van der Waals surface area contributed by atoms with Crippen LogP contribution in [0.2, 0.25) is 0 Å². The summed E-state index contributed by atoms with van der Waals surface area (Å²) in [6.07, 6.45) is 5.29. The van der Waals surface area contributed by atoms with Gasteiger partial charge in [0.15, 0.2) is 0 Å². The van der Waals surface area contributed by atoms with E-state index in [9.17, 15) is 9.18 Å². The van der Waals surface area contributed by atoms with Gasteiger partial charge < -0.3 is 5.32 Å². The van der Waals surface area contributed by atoms with Crippen molar-refractivity contribution in [3.8, 4) is 0 Å². The van der Waals surface area contributed by atoms with E-state index in [4.69, 9.17) is 0 Å². The number of thioether (sulfide) groups is 1. The summed E-state index contributed by atoms with van der Waals surface area (Å²) in [5.74, 6) is 0.382. The van der Waals surface area contributed by atoms with Crippen molar-refractivity contribution in [2.75, 3.05) is 18.6 Å². The van der Waals surface area contributed by atoms with Gasteiger partial charge in [0, 0.05) is 6.54 Å². The van der Waals surface area contributed by atoms with Gasteiger partial charge in [-0.25, -0.2) is 4.39 Å². The van der Waals surface area contributed by atoms with Crippen LogP contribution in [0, 0.1) is 12.7 Å². The lowest BCUT2D eigenvalue weighted by molar-refractivity contribution is 0.0949. The summed E-state index contributed by atoms with van der Waals surface area (Å²) in [5, 5.41) is 2.75. The van der Waals surface area contributed by atoms with Gasteiger partial charge in [0.05, 0.1) is 5.56 Å².